The van der Waals surface area contributed by atoms with Gasteiger partial charge in [-0.3, -0.25) is 4.79 Å². The van der Waals surface area contributed by atoms with Crippen molar-refractivity contribution in [1.29, 1.82) is 0 Å². The van der Waals surface area contributed by atoms with E-state index in [4.69, 9.17) is 11.6 Å². The van der Waals surface area contributed by atoms with Crippen LogP contribution < -0.4 is 4.90 Å². The van der Waals surface area contributed by atoms with Crippen LogP contribution in [0, 0.1) is 0 Å². The molecule has 0 N–H and O–H groups in total. The highest BCUT2D eigenvalue weighted by molar-refractivity contribution is 6.31. The van der Waals surface area contributed by atoms with E-state index in [0.717, 1.165) is 12.0 Å². The van der Waals surface area contributed by atoms with E-state index in [1.807, 2.05) is 24.1 Å². The third kappa shape index (κ3) is 6.15. The molecule has 0 radical (unpaired) electrons. The lowest BCUT2D eigenvalue weighted by molar-refractivity contribution is -0.143. The molecular weight excluding hydrogens is 574 g/mol. The van der Waals surface area contributed by atoms with Crippen LogP contribution in [0.25, 0.3) is 0 Å². The summed E-state index contributed by atoms with van der Waals surface area (Å²) >= 11 is 6.43. The number of hydrogen-bond acceptors (Lipinski definition) is 5. The van der Waals surface area contributed by atoms with E-state index in [9.17, 15) is 31.1 Å². The first-order valence-corrected chi connectivity index (χ1v) is 13.4. The van der Waals surface area contributed by atoms with E-state index in [2.05, 4.69) is 15.2 Å². The zero-order chi connectivity index (χ0) is 29.5. The molecule has 3 aromatic rings. The van der Waals surface area contributed by atoms with Gasteiger partial charge >= 0.3 is 12.4 Å². The first-order chi connectivity index (χ1) is 19.3. The van der Waals surface area contributed by atoms with Crippen LogP contribution in [-0.4, -0.2) is 70.5 Å². The number of nitrogens with zero attached hydrogens (tertiary/aromatic N) is 6. The molecule has 2 aliphatic rings. The average molecular weight is 601 g/mol. The molecule has 14 heteroatoms. The SMILES string of the molecule is CN1CCN(c2c(C(=O)N3CCC[C@@H]3c3ccccc3Cl)nnn2Cc2cc(C(F)(F)F)cc(C(F)(F)F)c2)CC1. The number of rotatable bonds is 5. The Morgan fingerprint density at radius 2 is 1.59 bits per heavy atom. The van der Waals surface area contributed by atoms with Crippen molar-refractivity contribution in [3.05, 3.63) is 75.4 Å². The van der Waals surface area contributed by atoms with Crippen molar-refractivity contribution in [3.63, 3.8) is 0 Å². The fourth-order valence-corrected chi connectivity index (χ4v) is 5.64. The maximum absolute atomic E-state index is 13.9. The quantitative estimate of drug-likeness (QED) is 0.349. The molecule has 3 heterocycles. The molecule has 2 saturated heterocycles. The minimum absolute atomic E-state index is 0.00322. The van der Waals surface area contributed by atoms with Crippen LogP contribution in [0.15, 0.2) is 42.5 Å². The number of likely N-dealkylation sites (N-methyl/N-ethyl adjacent to an activating group) is 1. The van der Waals surface area contributed by atoms with Gasteiger partial charge in [0.2, 0.25) is 0 Å². The van der Waals surface area contributed by atoms with Gasteiger partial charge < -0.3 is 14.7 Å². The molecule has 5 rings (SSSR count). The highest BCUT2D eigenvalue weighted by Gasteiger charge is 2.38. The molecule has 1 amide bonds. The molecule has 0 saturated carbocycles. The van der Waals surface area contributed by atoms with Gasteiger partial charge in [0.25, 0.3) is 5.91 Å². The van der Waals surface area contributed by atoms with E-state index in [1.54, 1.807) is 17.0 Å². The second-order valence-electron chi connectivity index (χ2n) is 10.3. The second kappa shape index (κ2) is 11.2. The standard InChI is InChI=1S/C27H27ClF6N6O/c1-37-9-11-38(12-10-37)24-23(25(41)39-8-4-7-22(39)20-5-2-3-6-21(20)28)35-36-40(24)16-17-13-18(26(29,30)31)15-19(14-17)27(32,33)34/h2-3,5-6,13-15,22H,4,7-12,16H2,1H3/t22-/m1/s1. The summed E-state index contributed by atoms with van der Waals surface area (Å²) in [6.45, 7) is 2.19. The molecule has 41 heavy (non-hydrogen) atoms. The van der Waals surface area contributed by atoms with E-state index in [1.165, 1.54) is 4.68 Å². The van der Waals surface area contributed by atoms with Crippen molar-refractivity contribution in [2.45, 2.75) is 37.8 Å². The average Bonchev–Trinajstić information content (AvgIpc) is 3.56. The van der Waals surface area contributed by atoms with Crippen molar-refractivity contribution < 1.29 is 31.1 Å². The summed E-state index contributed by atoms with van der Waals surface area (Å²) in [6, 6.07) is 8.33. The molecular formula is C27H27ClF6N6O. The Bertz CT molecular complexity index is 1380. The van der Waals surface area contributed by atoms with Crippen molar-refractivity contribution in [2.24, 2.45) is 0 Å². The Balaban J connectivity index is 1.54. The first kappa shape index (κ1) is 29.2. The number of halogens is 7. The number of carbonyl (C=O) groups excluding carboxylic acids is 1. The van der Waals surface area contributed by atoms with Crippen LogP contribution in [0.1, 0.15) is 51.6 Å². The number of anilines is 1. The number of aromatic nitrogens is 3. The van der Waals surface area contributed by atoms with Gasteiger partial charge in [0, 0.05) is 37.7 Å². The number of likely N-dealkylation sites (tertiary alicyclic amines) is 1. The summed E-state index contributed by atoms with van der Waals surface area (Å²) in [4.78, 5) is 19.5. The Morgan fingerprint density at radius 3 is 2.20 bits per heavy atom. The molecule has 1 atom stereocenters. The molecule has 7 nitrogen and oxygen atoms in total. The van der Waals surface area contributed by atoms with Crippen LogP contribution in [0.5, 0.6) is 0 Å². The summed E-state index contributed by atoms with van der Waals surface area (Å²) < 4.78 is 82.2. The summed E-state index contributed by atoms with van der Waals surface area (Å²) in [5.41, 5.74) is -2.31. The summed E-state index contributed by atoms with van der Waals surface area (Å²) in [5, 5.41) is 8.72. The predicted molar refractivity (Wildman–Crippen MR) is 140 cm³/mol. The van der Waals surface area contributed by atoms with Gasteiger partial charge in [0.1, 0.15) is 0 Å². The smallest absolute Gasteiger partial charge is 0.352 e. The van der Waals surface area contributed by atoms with Gasteiger partial charge in [-0.2, -0.15) is 26.3 Å². The predicted octanol–water partition coefficient (Wildman–Crippen LogP) is 5.75. The number of piperazine rings is 1. The largest absolute Gasteiger partial charge is 0.416 e. The van der Waals surface area contributed by atoms with E-state index in [0.29, 0.717) is 56.3 Å². The minimum atomic E-state index is -4.98. The van der Waals surface area contributed by atoms with E-state index in [-0.39, 0.29) is 29.2 Å². The summed E-state index contributed by atoms with van der Waals surface area (Å²) in [7, 11) is 1.93. The molecule has 2 aromatic carbocycles. The number of hydrogen-bond donors (Lipinski definition) is 0. The third-order valence-electron chi connectivity index (χ3n) is 7.47. The van der Waals surface area contributed by atoms with E-state index >= 15 is 0 Å². The van der Waals surface area contributed by atoms with Crippen LogP contribution in [0.4, 0.5) is 32.2 Å². The Labute approximate surface area is 237 Å². The minimum Gasteiger partial charge on any atom is -0.352 e. The van der Waals surface area contributed by atoms with Crippen LogP contribution in [-0.2, 0) is 18.9 Å². The zero-order valence-electron chi connectivity index (χ0n) is 22.0. The number of carbonyl (C=O) groups is 1. The molecule has 0 aliphatic carbocycles. The molecule has 2 fully saturated rings. The monoisotopic (exact) mass is 600 g/mol. The van der Waals surface area contributed by atoms with Crippen molar-refractivity contribution >= 4 is 23.3 Å². The fourth-order valence-electron chi connectivity index (χ4n) is 5.38. The van der Waals surface area contributed by atoms with Gasteiger partial charge in [-0.25, -0.2) is 4.68 Å². The molecule has 0 unspecified atom stereocenters. The Morgan fingerprint density at radius 1 is 0.951 bits per heavy atom. The summed E-state index contributed by atoms with van der Waals surface area (Å²) in [5.74, 6) is -0.161. The van der Waals surface area contributed by atoms with Crippen LogP contribution >= 0.6 is 11.6 Å². The lowest BCUT2D eigenvalue weighted by Crippen LogP contribution is -2.46. The third-order valence-corrected chi connectivity index (χ3v) is 7.82. The highest BCUT2D eigenvalue weighted by atomic mass is 35.5. The number of benzene rings is 2. The first-order valence-electron chi connectivity index (χ1n) is 13.0. The van der Waals surface area contributed by atoms with Gasteiger partial charge in [-0.05, 0) is 55.3 Å². The zero-order valence-corrected chi connectivity index (χ0v) is 22.8. The van der Waals surface area contributed by atoms with E-state index < -0.39 is 35.9 Å². The van der Waals surface area contributed by atoms with Crippen molar-refractivity contribution in [3.8, 4) is 0 Å². The maximum atomic E-state index is 13.9. The lowest BCUT2D eigenvalue weighted by atomic mass is 10.0. The number of amides is 1. The molecule has 220 valence electrons. The fraction of sp³-hybridized carbons (Fsp3) is 0.444. The number of alkyl halides is 6. The molecule has 2 aliphatic heterocycles. The van der Waals surface area contributed by atoms with Gasteiger partial charge in [0.05, 0.1) is 23.7 Å². The van der Waals surface area contributed by atoms with Crippen molar-refractivity contribution in [1.82, 2.24) is 24.8 Å². The Hall–Kier alpha value is -3.32. The second-order valence-corrected chi connectivity index (χ2v) is 10.7. The highest BCUT2D eigenvalue weighted by Crippen LogP contribution is 2.39. The lowest BCUT2D eigenvalue weighted by Gasteiger charge is -2.34. The Kier molecular flexibility index (Phi) is 7.94. The normalized spacial score (nSPS) is 18.8. The topological polar surface area (TPSA) is 57.5 Å². The van der Waals surface area contributed by atoms with Crippen LogP contribution in [0.3, 0.4) is 0 Å². The van der Waals surface area contributed by atoms with Gasteiger partial charge in [-0.15, -0.1) is 5.10 Å². The molecule has 0 spiro atoms. The molecule has 1 aromatic heterocycles. The van der Waals surface area contributed by atoms with Gasteiger partial charge in [0.15, 0.2) is 11.5 Å². The van der Waals surface area contributed by atoms with Crippen LogP contribution in [0.2, 0.25) is 5.02 Å². The summed E-state index contributed by atoms with van der Waals surface area (Å²) in [6.07, 6.45) is -8.56. The molecule has 0 bridgehead atoms. The van der Waals surface area contributed by atoms with Crippen molar-refractivity contribution in [2.75, 3.05) is 44.7 Å². The maximum Gasteiger partial charge on any atom is 0.416 e. The van der Waals surface area contributed by atoms with Gasteiger partial charge in [-0.1, -0.05) is 35.0 Å².